The SMILES string of the molecule is Cc1cnc(Nc2ccc(-n3cncn3)cc2)nc1Nc1cccc(S(=O)(=O)NC(C)(C)C)c1. The maximum absolute atomic E-state index is 12.7. The fourth-order valence-electron chi connectivity index (χ4n) is 3.14. The van der Waals surface area contributed by atoms with Gasteiger partial charge in [-0.1, -0.05) is 6.07 Å². The highest BCUT2D eigenvalue weighted by atomic mass is 32.2. The number of rotatable bonds is 7. The molecule has 0 aliphatic rings. The van der Waals surface area contributed by atoms with Gasteiger partial charge in [-0.3, -0.25) is 0 Å². The molecular weight excluding hydrogens is 452 g/mol. The van der Waals surface area contributed by atoms with Crippen LogP contribution in [0.15, 0.2) is 72.3 Å². The van der Waals surface area contributed by atoms with E-state index in [1.165, 1.54) is 6.33 Å². The summed E-state index contributed by atoms with van der Waals surface area (Å²) in [4.78, 5) is 13.0. The van der Waals surface area contributed by atoms with Crippen LogP contribution in [0.1, 0.15) is 26.3 Å². The molecule has 0 saturated heterocycles. The van der Waals surface area contributed by atoms with Crippen LogP contribution in [0.25, 0.3) is 5.69 Å². The van der Waals surface area contributed by atoms with Gasteiger partial charge < -0.3 is 10.6 Å². The van der Waals surface area contributed by atoms with Crippen LogP contribution in [0.2, 0.25) is 0 Å². The second-order valence-corrected chi connectivity index (χ2v) is 10.4. The van der Waals surface area contributed by atoms with Gasteiger partial charge in [0.2, 0.25) is 16.0 Å². The predicted molar refractivity (Wildman–Crippen MR) is 131 cm³/mol. The van der Waals surface area contributed by atoms with E-state index in [0.717, 1.165) is 16.9 Å². The molecule has 176 valence electrons. The van der Waals surface area contributed by atoms with E-state index < -0.39 is 15.6 Å². The molecule has 4 aromatic rings. The molecule has 3 N–H and O–H groups in total. The van der Waals surface area contributed by atoms with Crippen molar-refractivity contribution in [2.75, 3.05) is 10.6 Å². The summed E-state index contributed by atoms with van der Waals surface area (Å²) in [6, 6.07) is 14.2. The summed E-state index contributed by atoms with van der Waals surface area (Å²) >= 11 is 0. The van der Waals surface area contributed by atoms with Crippen molar-refractivity contribution in [3.05, 3.63) is 72.9 Å². The lowest BCUT2D eigenvalue weighted by Gasteiger charge is -2.20. The first-order chi connectivity index (χ1) is 16.1. The Labute approximate surface area is 198 Å². The van der Waals surface area contributed by atoms with Crippen LogP contribution in [-0.4, -0.2) is 38.7 Å². The third kappa shape index (κ3) is 5.74. The van der Waals surface area contributed by atoms with Crippen molar-refractivity contribution in [2.45, 2.75) is 38.1 Å². The van der Waals surface area contributed by atoms with Gasteiger partial charge in [0.25, 0.3) is 0 Å². The van der Waals surface area contributed by atoms with Crippen LogP contribution in [-0.2, 0) is 10.0 Å². The Kier molecular flexibility index (Phi) is 6.31. The number of sulfonamides is 1. The quantitative estimate of drug-likeness (QED) is 0.365. The number of aryl methyl sites for hydroxylation is 1. The lowest BCUT2D eigenvalue weighted by Crippen LogP contribution is -2.40. The van der Waals surface area contributed by atoms with E-state index in [1.807, 2.05) is 31.2 Å². The van der Waals surface area contributed by atoms with E-state index in [-0.39, 0.29) is 4.90 Å². The second kappa shape index (κ2) is 9.20. The number of anilines is 4. The first kappa shape index (κ1) is 23.3. The number of aromatic nitrogens is 5. The zero-order valence-corrected chi connectivity index (χ0v) is 20.1. The molecule has 0 radical (unpaired) electrons. The van der Waals surface area contributed by atoms with Gasteiger partial charge in [-0.15, -0.1) is 0 Å². The van der Waals surface area contributed by atoms with Crippen molar-refractivity contribution in [1.29, 1.82) is 0 Å². The van der Waals surface area contributed by atoms with Gasteiger partial charge in [-0.05, 0) is 70.2 Å². The molecule has 2 heterocycles. The minimum atomic E-state index is -3.66. The molecule has 0 bridgehead atoms. The Morgan fingerprint density at radius 2 is 1.74 bits per heavy atom. The first-order valence-corrected chi connectivity index (χ1v) is 12.0. The van der Waals surface area contributed by atoms with Gasteiger partial charge in [-0.25, -0.2) is 27.8 Å². The van der Waals surface area contributed by atoms with Gasteiger partial charge in [0.15, 0.2) is 0 Å². The third-order valence-corrected chi connectivity index (χ3v) is 6.38. The Morgan fingerprint density at radius 3 is 2.41 bits per heavy atom. The van der Waals surface area contributed by atoms with Gasteiger partial charge in [0, 0.05) is 28.7 Å². The monoisotopic (exact) mass is 478 g/mol. The topological polar surface area (TPSA) is 127 Å². The molecule has 4 rings (SSSR count). The molecule has 11 heteroatoms. The maximum Gasteiger partial charge on any atom is 0.241 e. The highest BCUT2D eigenvalue weighted by Gasteiger charge is 2.22. The highest BCUT2D eigenvalue weighted by Crippen LogP contribution is 2.24. The van der Waals surface area contributed by atoms with Gasteiger partial charge >= 0.3 is 0 Å². The number of nitrogens with one attached hydrogen (secondary N) is 3. The zero-order valence-electron chi connectivity index (χ0n) is 19.3. The molecule has 0 spiro atoms. The van der Waals surface area contributed by atoms with Crippen molar-refractivity contribution in [2.24, 2.45) is 0 Å². The van der Waals surface area contributed by atoms with E-state index in [9.17, 15) is 8.42 Å². The van der Waals surface area contributed by atoms with Gasteiger partial charge in [-0.2, -0.15) is 10.1 Å². The van der Waals surface area contributed by atoms with Crippen LogP contribution >= 0.6 is 0 Å². The third-order valence-electron chi connectivity index (χ3n) is 4.63. The fourth-order valence-corrected chi connectivity index (χ4v) is 4.60. The lowest BCUT2D eigenvalue weighted by molar-refractivity contribution is 0.491. The maximum atomic E-state index is 12.7. The van der Waals surface area contributed by atoms with E-state index in [0.29, 0.717) is 17.5 Å². The van der Waals surface area contributed by atoms with Crippen LogP contribution < -0.4 is 15.4 Å². The molecule has 0 fully saturated rings. The molecule has 0 amide bonds. The molecule has 2 aromatic carbocycles. The first-order valence-electron chi connectivity index (χ1n) is 10.6. The van der Waals surface area contributed by atoms with Crippen molar-refractivity contribution in [3.63, 3.8) is 0 Å². The average Bonchev–Trinajstić information content (AvgIpc) is 3.30. The summed E-state index contributed by atoms with van der Waals surface area (Å²) in [5.74, 6) is 0.967. The summed E-state index contributed by atoms with van der Waals surface area (Å²) in [6.07, 6.45) is 4.80. The Hall–Kier alpha value is -3.83. The lowest BCUT2D eigenvalue weighted by atomic mass is 10.1. The zero-order chi connectivity index (χ0) is 24.3. The van der Waals surface area contributed by atoms with E-state index in [1.54, 1.807) is 62.2 Å². The van der Waals surface area contributed by atoms with E-state index in [4.69, 9.17) is 0 Å². The molecule has 10 nitrogen and oxygen atoms in total. The molecule has 2 aromatic heterocycles. The van der Waals surface area contributed by atoms with Crippen molar-refractivity contribution >= 4 is 33.2 Å². The smallest absolute Gasteiger partial charge is 0.241 e. The fraction of sp³-hybridized carbons (Fsp3) is 0.217. The van der Waals surface area contributed by atoms with Crippen LogP contribution in [0.5, 0.6) is 0 Å². The Bertz CT molecular complexity index is 1380. The summed E-state index contributed by atoms with van der Waals surface area (Å²) < 4.78 is 29.7. The number of benzene rings is 2. The standard InChI is InChI=1S/C23H26N8O2S/c1-16-13-25-22(28-17-8-10-19(11-9-17)31-15-24-14-26-31)29-21(16)27-18-6-5-7-20(12-18)34(32,33)30-23(2,3)4/h5-15,30H,1-4H3,(H2,25,27,28,29). The van der Waals surface area contributed by atoms with E-state index >= 15 is 0 Å². The van der Waals surface area contributed by atoms with Gasteiger partial charge in [0.1, 0.15) is 18.5 Å². The molecule has 0 saturated carbocycles. The molecule has 0 atom stereocenters. The van der Waals surface area contributed by atoms with E-state index in [2.05, 4.69) is 35.4 Å². The Morgan fingerprint density at radius 1 is 0.971 bits per heavy atom. The predicted octanol–water partition coefficient (Wildman–Crippen LogP) is 3.93. The van der Waals surface area contributed by atoms with Crippen LogP contribution in [0.3, 0.4) is 0 Å². The van der Waals surface area contributed by atoms with Crippen LogP contribution in [0.4, 0.5) is 23.1 Å². The average molecular weight is 479 g/mol. The molecule has 0 unspecified atom stereocenters. The van der Waals surface area contributed by atoms with Crippen molar-refractivity contribution in [1.82, 2.24) is 29.5 Å². The van der Waals surface area contributed by atoms with Crippen LogP contribution in [0, 0.1) is 6.92 Å². The molecule has 0 aliphatic heterocycles. The Balaban J connectivity index is 1.52. The summed E-state index contributed by atoms with van der Waals surface area (Å²) in [5.41, 5.74) is 2.51. The molecular formula is C23H26N8O2S. The van der Waals surface area contributed by atoms with Crippen molar-refractivity contribution < 1.29 is 8.42 Å². The second-order valence-electron chi connectivity index (χ2n) is 8.75. The summed E-state index contributed by atoms with van der Waals surface area (Å²) in [5, 5.41) is 10.5. The number of hydrogen-bond donors (Lipinski definition) is 3. The normalized spacial score (nSPS) is 11.9. The van der Waals surface area contributed by atoms with Gasteiger partial charge in [0.05, 0.1) is 10.6 Å². The highest BCUT2D eigenvalue weighted by molar-refractivity contribution is 7.89. The molecule has 34 heavy (non-hydrogen) atoms. The summed E-state index contributed by atoms with van der Waals surface area (Å²) in [7, 11) is -3.66. The largest absolute Gasteiger partial charge is 0.340 e. The van der Waals surface area contributed by atoms with Crippen molar-refractivity contribution in [3.8, 4) is 5.69 Å². The summed E-state index contributed by atoms with van der Waals surface area (Å²) in [6.45, 7) is 7.27. The minimum absolute atomic E-state index is 0.171. The number of nitrogens with zero attached hydrogens (tertiary/aromatic N) is 5. The minimum Gasteiger partial charge on any atom is -0.340 e. The molecule has 0 aliphatic carbocycles. The number of hydrogen-bond acceptors (Lipinski definition) is 8.